The molecule has 3 rings (SSSR count). The third-order valence-corrected chi connectivity index (χ3v) is 4.82. The van der Waals surface area contributed by atoms with Gasteiger partial charge in [0.2, 0.25) is 5.91 Å². The first-order valence-corrected chi connectivity index (χ1v) is 10.1. The van der Waals surface area contributed by atoms with Crippen molar-refractivity contribution >= 4 is 29.2 Å². The van der Waals surface area contributed by atoms with E-state index in [1.807, 2.05) is 30.3 Å². The Morgan fingerprint density at radius 1 is 1.10 bits per heavy atom. The van der Waals surface area contributed by atoms with Crippen molar-refractivity contribution < 1.29 is 19.1 Å². The van der Waals surface area contributed by atoms with Crippen molar-refractivity contribution in [3.05, 3.63) is 65.7 Å². The first-order valence-electron chi connectivity index (χ1n) is 10.1. The number of hydrogen-bond donors (Lipinski definition) is 1. The number of nitrogens with zero attached hydrogens (tertiary/aromatic N) is 3. The lowest BCUT2D eigenvalue weighted by Crippen LogP contribution is -2.42. The molecule has 1 aliphatic rings. The molecule has 0 aromatic heterocycles. The van der Waals surface area contributed by atoms with E-state index in [1.54, 1.807) is 50.3 Å². The molecule has 0 aliphatic carbocycles. The average molecular weight is 422 g/mol. The molecule has 8 nitrogen and oxygen atoms in total. The van der Waals surface area contributed by atoms with Crippen LogP contribution in [0.3, 0.4) is 0 Å². The minimum absolute atomic E-state index is 0.0799. The van der Waals surface area contributed by atoms with Crippen LogP contribution in [-0.4, -0.2) is 55.1 Å². The maximum atomic E-state index is 13.0. The van der Waals surface area contributed by atoms with Gasteiger partial charge in [0.1, 0.15) is 11.8 Å². The molecule has 0 radical (unpaired) electrons. The fourth-order valence-electron chi connectivity index (χ4n) is 3.20. The zero-order valence-electron chi connectivity index (χ0n) is 17.9. The van der Waals surface area contributed by atoms with Crippen molar-refractivity contribution in [2.75, 3.05) is 25.7 Å². The Morgan fingerprint density at radius 2 is 1.77 bits per heavy atom. The number of anilines is 1. The van der Waals surface area contributed by atoms with Crippen LogP contribution in [0.5, 0.6) is 0 Å². The number of esters is 1. The van der Waals surface area contributed by atoms with E-state index >= 15 is 0 Å². The van der Waals surface area contributed by atoms with Gasteiger partial charge in [-0.1, -0.05) is 30.3 Å². The topological polar surface area (TPSA) is 91.3 Å². The molecule has 2 amide bonds. The number of carbonyl (C=O) groups excluding carboxylic acids is 3. The molecule has 0 saturated carbocycles. The average Bonchev–Trinajstić information content (AvgIpc) is 3.24. The maximum absolute atomic E-state index is 13.0. The number of ether oxygens (including phenoxy) is 1. The molecule has 8 heteroatoms. The number of benzene rings is 2. The molecular weight excluding hydrogens is 396 g/mol. The summed E-state index contributed by atoms with van der Waals surface area (Å²) in [6, 6.07) is 15.7. The predicted octanol–water partition coefficient (Wildman–Crippen LogP) is 2.20. The van der Waals surface area contributed by atoms with Gasteiger partial charge in [0, 0.05) is 32.6 Å². The maximum Gasteiger partial charge on any atom is 0.354 e. The van der Waals surface area contributed by atoms with Crippen LogP contribution in [0, 0.1) is 0 Å². The van der Waals surface area contributed by atoms with E-state index in [0.717, 1.165) is 5.56 Å². The second-order valence-corrected chi connectivity index (χ2v) is 7.28. The van der Waals surface area contributed by atoms with Crippen LogP contribution in [-0.2, 0) is 20.9 Å². The SMILES string of the molecule is CCOC(=O)C1=NN(c2ccccc2)C(C(=O)NCc2ccc(C(=O)N(C)C)cc2)C1. The highest BCUT2D eigenvalue weighted by Crippen LogP contribution is 2.25. The van der Waals surface area contributed by atoms with Crippen molar-refractivity contribution in [3.8, 4) is 0 Å². The van der Waals surface area contributed by atoms with Crippen molar-refractivity contribution in [3.63, 3.8) is 0 Å². The lowest BCUT2D eigenvalue weighted by molar-refractivity contribution is -0.135. The summed E-state index contributed by atoms with van der Waals surface area (Å²) in [4.78, 5) is 38.6. The van der Waals surface area contributed by atoms with Gasteiger partial charge in [-0.3, -0.25) is 14.6 Å². The van der Waals surface area contributed by atoms with Crippen molar-refractivity contribution in [2.24, 2.45) is 5.10 Å². The van der Waals surface area contributed by atoms with Crippen LogP contribution in [0.4, 0.5) is 5.69 Å². The van der Waals surface area contributed by atoms with E-state index in [2.05, 4.69) is 10.4 Å². The summed E-state index contributed by atoms with van der Waals surface area (Å²) in [5, 5.41) is 8.81. The lowest BCUT2D eigenvalue weighted by Gasteiger charge is -2.22. The molecule has 31 heavy (non-hydrogen) atoms. The summed E-state index contributed by atoms with van der Waals surface area (Å²) in [6.07, 6.45) is 0.163. The van der Waals surface area contributed by atoms with Crippen LogP contribution in [0.1, 0.15) is 29.3 Å². The summed E-state index contributed by atoms with van der Waals surface area (Å²) in [5.74, 6) is -0.844. The molecule has 2 aromatic carbocycles. The van der Waals surface area contributed by atoms with Gasteiger partial charge in [-0.25, -0.2) is 4.79 Å². The van der Waals surface area contributed by atoms with E-state index in [4.69, 9.17) is 4.74 Å². The summed E-state index contributed by atoms with van der Waals surface area (Å²) >= 11 is 0. The smallest absolute Gasteiger partial charge is 0.354 e. The van der Waals surface area contributed by atoms with Gasteiger partial charge >= 0.3 is 5.97 Å². The van der Waals surface area contributed by atoms with Crippen LogP contribution in [0.25, 0.3) is 0 Å². The van der Waals surface area contributed by atoms with Gasteiger partial charge < -0.3 is 15.0 Å². The van der Waals surface area contributed by atoms with Crippen LogP contribution in [0.15, 0.2) is 59.7 Å². The summed E-state index contributed by atoms with van der Waals surface area (Å²) in [7, 11) is 3.40. The van der Waals surface area contributed by atoms with Gasteiger partial charge in [-0.15, -0.1) is 0 Å². The number of rotatable bonds is 7. The van der Waals surface area contributed by atoms with Gasteiger partial charge in [-0.05, 0) is 36.8 Å². The zero-order valence-corrected chi connectivity index (χ0v) is 17.9. The second kappa shape index (κ2) is 9.88. The van der Waals surface area contributed by atoms with Crippen molar-refractivity contribution in [1.29, 1.82) is 0 Å². The van der Waals surface area contributed by atoms with E-state index < -0.39 is 12.0 Å². The number of hydrazone groups is 1. The van der Waals surface area contributed by atoms with E-state index in [1.165, 1.54) is 4.90 Å². The number of amides is 2. The first kappa shape index (κ1) is 22.0. The molecule has 1 N–H and O–H groups in total. The van der Waals surface area contributed by atoms with Crippen molar-refractivity contribution in [2.45, 2.75) is 25.9 Å². The summed E-state index contributed by atoms with van der Waals surface area (Å²) in [5.41, 5.74) is 2.38. The highest BCUT2D eigenvalue weighted by Gasteiger charge is 2.36. The predicted molar refractivity (Wildman–Crippen MR) is 118 cm³/mol. The largest absolute Gasteiger partial charge is 0.461 e. The zero-order chi connectivity index (χ0) is 22.4. The Bertz CT molecular complexity index is 971. The lowest BCUT2D eigenvalue weighted by atomic mass is 10.1. The molecule has 0 saturated heterocycles. The minimum atomic E-state index is -0.656. The number of para-hydroxylation sites is 1. The van der Waals surface area contributed by atoms with Crippen LogP contribution >= 0.6 is 0 Å². The molecule has 0 bridgehead atoms. The first-order chi connectivity index (χ1) is 14.9. The number of nitrogens with one attached hydrogen (secondary N) is 1. The van der Waals surface area contributed by atoms with E-state index in [9.17, 15) is 14.4 Å². The summed E-state index contributed by atoms with van der Waals surface area (Å²) in [6.45, 7) is 2.26. The molecule has 1 heterocycles. The highest BCUT2D eigenvalue weighted by atomic mass is 16.5. The Kier molecular flexibility index (Phi) is 7.02. The molecule has 1 unspecified atom stereocenters. The monoisotopic (exact) mass is 422 g/mol. The van der Waals surface area contributed by atoms with E-state index in [-0.39, 0.29) is 30.6 Å². The van der Waals surface area contributed by atoms with Gasteiger partial charge in [-0.2, -0.15) is 5.10 Å². The molecule has 162 valence electrons. The highest BCUT2D eigenvalue weighted by molar-refractivity contribution is 6.38. The third kappa shape index (κ3) is 5.28. The van der Waals surface area contributed by atoms with Gasteiger partial charge in [0.15, 0.2) is 0 Å². The van der Waals surface area contributed by atoms with E-state index in [0.29, 0.717) is 17.8 Å². The Morgan fingerprint density at radius 3 is 2.39 bits per heavy atom. The molecule has 1 atom stereocenters. The molecule has 0 spiro atoms. The normalized spacial score (nSPS) is 15.3. The van der Waals surface area contributed by atoms with Gasteiger partial charge in [0.05, 0.1) is 12.3 Å². The Balaban J connectivity index is 1.69. The van der Waals surface area contributed by atoms with Gasteiger partial charge in [0.25, 0.3) is 5.91 Å². The van der Waals surface area contributed by atoms with Crippen LogP contribution in [0.2, 0.25) is 0 Å². The molecule has 2 aromatic rings. The van der Waals surface area contributed by atoms with Crippen LogP contribution < -0.4 is 10.3 Å². The van der Waals surface area contributed by atoms with Crippen molar-refractivity contribution in [1.82, 2.24) is 10.2 Å². The molecule has 0 fully saturated rings. The Hall–Kier alpha value is -3.68. The standard InChI is InChI=1S/C23H26N4O4/c1-4-31-23(30)19-14-20(27(25-19)18-8-6-5-7-9-18)21(28)24-15-16-10-12-17(13-11-16)22(29)26(2)3/h5-13,20H,4,14-15H2,1-3H3,(H,24,28). The minimum Gasteiger partial charge on any atom is -0.461 e. The fourth-order valence-corrected chi connectivity index (χ4v) is 3.20. The molecular formula is C23H26N4O4. The quantitative estimate of drug-likeness (QED) is 0.691. The number of hydrogen-bond acceptors (Lipinski definition) is 6. The third-order valence-electron chi connectivity index (χ3n) is 4.82. The molecule has 1 aliphatic heterocycles. The second-order valence-electron chi connectivity index (χ2n) is 7.28. The Labute approximate surface area is 181 Å². The number of carbonyl (C=O) groups is 3. The summed E-state index contributed by atoms with van der Waals surface area (Å²) < 4.78 is 5.06. The fraction of sp³-hybridized carbons (Fsp3) is 0.304.